The van der Waals surface area contributed by atoms with Crippen LogP contribution >= 0.6 is 15.9 Å². The van der Waals surface area contributed by atoms with Gasteiger partial charge in [0, 0.05) is 6.07 Å². The van der Waals surface area contributed by atoms with E-state index >= 15 is 0 Å². The number of methoxy groups -OCH3 is 1. The van der Waals surface area contributed by atoms with E-state index in [-0.39, 0.29) is 16.0 Å². The highest BCUT2D eigenvalue weighted by Crippen LogP contribution is 2.30. The number of aliphatic hydroxyl groups is 1. The first kappa shape index (κ1) is 13.8. The molecule has 0 bridgehead atoms. The molecule has 100 valence electrons. The Morgan fingerprint density at radius 2 is 2.05 bits per heavy atom. The van der Waals surface area contributed by atoms with Crippen LogP contribution in [0.3, 0.4) is 0 Å². The molecule has 1 heterocycles. The molecule has 2 aromatic rings. The van der Waals surface area contributed by atoms with Gasteiger partial charge >= 0.3 is 0 Å². The lowest BCUT2D eigenvalue weighted by Gasteiger charge is -2.13. The summed E-state index contributed by atoms with van der Waals surface area (Å²) >= 11 is 2.94. The molecular weight excluding hydrogens is 322 g/mol. The van der Waals surface area contributed by atoms with Crippen LogP contribution in [-0.2, 0) is 0 Å². The molecule has 0 aliphatic heterocycles. The highest BCUT2D eigenvalue weighted by atomic mass is 79.9. The number of aliphatic hydroxyl groups excluding tert-OH is 1. The van der Waals surface area contributed by atoms with Gasteiger partial charge in [-0.1, -0.05) is 0 Å². The van der Waals surface area contributed by atoms with E-state index < -0.39 is 23.3 Å². The first-order valence-corrected chi connectivity index (χ1v) is 6.01. The highest BCUT2D eigenvalue weighted by molar-refractivity contribution is 9.10. The largest absolute Gasteiger partial charge is 0.481 e. The Balaban J connectivity index is 2.49. The third kappa shape index (κ3) is 2.71. The average molecular weight is 331 g/mol. The quantitative estimate of drug-likeness (QED) is 0.879. The molecule has 1 unspecified atom stereocenters. The first-order valence-electron chi connectivity index (χ1n) is 5.22. The molecule has 0 amide bonds. The summed E-state index contributed by atoms with van der Waals surface area (Å²) in [6, 6.07) is 3.59. The molecule has 1 aromatic carbocycles. The summed E-state index contributed by atoms with van der Waals surface area (Å²) in [4.78, 5) is 7.54. The molecule has 1 N–H and O–H groups in total. The van der Waals surface area contributed by atoms with Crippen molar-refractivity contribution < 1.29 is 18.6 Å². The van der Waals surface area contributed by atoms with Crippen LogP contribution in [0.1, 0.15) is 17.4 Å². The third-order valence-corrected chi connectivity index (χ3v) is 3.12. The van der Waals surface area contributed by atoms with Crippen LogP contribution in [0.5, 0.6) is 5.88 Å². The van der Waals surface area contributed by atoms with Gasteiger partial charge in [-0.05, 0) is 28.1 Å². The highest BCUT2D eigenvalue weighted by Gasteiger charge is 2.23. The SMILES string of the molecule is COc1cc(C(O)c2c(F)ccc(Br)c2F)ncn1. The Bertz CT molecular complexity index is 610. The second kappa shape index (κ2) is 5.58. The van der Waals surface area contributed by atoms with E-state index in [0.29, 0.717) is 0 Å². The summed E-state index contributed by atoms with van der Waals surface area (Å²) in [6.07, 6.45) is -0.403. The Morgan fingerprint density at radius 3 is 2.74 bits per heavy atom. The fourth-order valence-corrected chi connectivity index (χ4v) is 1.90. The van der Waals surface area contributed by atoms with Gasteiger partial charge in [0.15, 0.2) is 0 Å². The number of rotatable bonds is 3. The zero-order valence-electron chi connectivity index (χ0n) is 9.77. The van der Waals surface area contributed by atoms with Crippen LogP contribution in [0.15, 0.2) is 29.0 Å². The van der Waals surface area contributed by atoms with Gasteiger partial charge in [-0.2, -0.15) is 0 Å². The Kier molecular flexibility index (Phi) is 4.06. The molecule has 7 heteroatoms. The van der Waals surface area contributed by atoms with Gasteiger partial charge < -0.3 is 9.84 Å². The number of benzene rings is 1. The maximum absolute atomic E-state index is 13.9. The van der Waals surface area contributed by atoms with Gasteiger partial charge in [0.2, 0.25) is 5.88 Å². The van der Waals surface area contributed by atoms with Gasteiger partial charge in [0.05, 0.1) is 22.8 Å². The maximum Gasteiger partial charge on any atom is 0.216 e. The van der Waals surface area contributed by atoms with Crippen molar-refractivity contribution in [3.05, 3.63) is 51.9 Å². The van der Waals surface area contributed by atoms with Crippen molar-refractivity contribution >= 4 is 15.9 Å². The third-order valence-electron chi connectivity index (χ3n) is 2.51. The second-order valence-corrected chi connectivity index (χ2v) is 4.50. The first-order chi connectivity index (χ1) is 9.04. The standard InChI is InChI=1S/C12H9BrF2N2O2/c1-19-9-4-8(16-5-17-9)12(18)10-7(14)3-2-6(13)11(10)15/h2-5,12,18H,1H3. The van der Waals surface area contributed by atoms with Crippen molar-refractivity contribution in [2.24, 2.45) is 0 Å². The van der Waals surface area contributed by atoms with E-state index in [1.165, 1.54) is 19.2 Å². The molecule has 19 heavy (non-hydrogen) atoms. The Labute approximate surface area is 116 Å². The van der Waals surface area contributed by atoms with Crippen molar-refractivity contribution in [3.63, 3.8) is 0 Å². The van der Waals surface area contributed by atoms with Gasteiger partial charge in [0.25, 0.3) is 0 Å². The van der Waals surface area contributed by atoms with E-state index in [9.17, 15) is 13.9 Å². The number of aromatic nitrogens is 2. The van der Waals surface area contributed by atoms with E-state index in [4.69, 9.17) is 4.74 Å². The molecule has 2 rings (SSSR count). The molecular formula is C12H9BrF2N2O2. The minimum atomic E-state index is -1.55. The van der Waals surface area contributed by atoms with Crippen molar-refractivity contribution in [2.45, 2.75) is 6.10 Å². The van der Waals surface area contributed by atoms with Gasteiger partial charge in [-0.3, -0.25) is 0 Å². The fraction of sp³-hybridized carbons (Fsp3) is 0.167. The fourth-order valence-electron chi connectivity index (χ4n) is 1.56. The number of hydrogen-bond acceptors (Lipinski definition) is 4. The smallest absolute Gasteiger partial charge is 0.216 e. The molecule has 0 fully saturated rings. The predicted molar refractivity (Wildman–Crippen MR) is 66.7 cm³/mol. The van der Waals surface area contributed by atoms with Crippen LogP contribution < -0.4 is 4.74 Å². The predicted octanol–water partition coefficient (Wildman–Crippen LogP) is 2.61. The lowest BCUT2D eigenvalue weighted by Crippen LogP contribution is -2.08. The summed E-state index contributed by atoms with van der Waals surface area (Å²) in [5, 5.41) is 10.1. The monoisotopic (exact) mass is 330 g/mol. The van der Waals surface area contributed by atoms with E-state index in [1.54, 1.807) is 0 Å². The summed E-state index contributed by atoms with van der Waals surface area (Å²) < 4.78 is 32.4. The minimum absolute atomic E-state index is 0.0442. The normalized spacial score (nSPS) is 12.3. The minimum Gasteiger partial charge on any atom is -0.481 e. The Hall–Kier alpha value is -1.60. The van der Waals surface area contributed by atoms with Crippen LogP contribution in [-0.4, -0.2) is 22.2 Å². The average Bonchev–Trinajstić information content (AvgIpc) is 2.43. The number of ether oxygens (including phenoxy) is 1. The molecule has 0 saturated heterocycles. The van der Waals surface area contributed by atoms with Crippen LogP contribution in [0.4, 0.5) is 8.78 Å². The van der Waals surface area contributed by atoms with E-state index in [1.807, 2.05) is 0 Å². The molecule has 0 aliphatic rings. The molecule has 0 aliphatic carbocycles. The van der Waals surface area contributed by atoms with Gasteiger partial charge in [-0.15, -0.1) is 0 Å². The van der Waals surface area contributed by atoms with Crippen molar-refractivity contribution in [3.8, 4) is 5.88 Å². The maximum atomic E-state index is 13.9. The van der Waals surface area contributed by atoms with Crippen molar-refractivity contribution in [1.29, 1.82) is 0 Å². The zero-order chi connectivity index (χ0) is 14.0. The van der Waals surface area contributed by atoms with E-state index in [2.05, 4.69) is 25.9 Å². The summed E-state index contributed by atoms with van der Waals surface area (Å²) in [5.41, 5.74) is -0.433. The lowest BCUT2D eigenvalue weighted by atomic mass is 10.1. The number of nitrogens with zero attached hydrogens (tertiary/aromatic N) is 2. The Morgan fingerprint density at radius 1 is 1.32 bits per heavy atom. The van der Waals surface area contributed by atoms with Crippen molar-refractivity contribution in [2.75, 3.05) is 7.11 Å². The van der Waals surface area contributed by atoms with Gasteiger partial charge in [-0.25, -0.2) is 18.7 Å². The van der Waals surface area contributed by atoms with Gasteiger partial charge in [0.1, 0.15) is 24.1 Å². The number of halogens is 3. The van der Waals surface area contributed by atoms with Crippen molar-refractivity contribution in [1.82, 2.24) is 9.97 Å². The second-order valence-electron chi connectivity index (χ2n) is 3.64. The summed E-state index contributed by atoms with van der Waals surface area (Å²) in [7, 11) is 1.39. The molecule has 0 spiro atoms. The molecule has 4 nitrogen and oxygen atoms in total. The lowest BCUT2D eigenvalue weighted by molar-refractivity contribution is 0.203. The topological polar surface area (TPSA) is 55.2 Å². The van der Waals surface area contributed by atoms with Crippen LogP contribution in [0.2, 0.25) is 0 Å². The molecule has 0 saturated carbocycles. The summed E-state index contributed by atoms with van der Waals surface area (Å²) in [5.74, 6) is -1.53. The molecule has 1 atom stereocenters. The van der Waals surface area contributed by atoms with Crippen LogP contribution in [0.25, 0.3) is 0 Å². The molecule has 0 radical (unpaired) electrons. The number of hydrogen-bond donors (Lipinski definition) is 1. The van der Waals surface area contributed by atoms with E-state index in [0.717, 1.165) is 12.4 Å². The van der Waals surface area contributed by atoms with Crippen LogP contribution in [0, 0.1) is 11.6 Å². The molecule has 1 aromatic heterocycles. The summed E-state index contributed by atoms with van der Waals surface area (Å²) in [6.45, 7) is 0. The zero-order valence-corrected chi connectivity index (χ0v) is 11.4.